The van der Waals surface area contributed by atoms with Crippen molar-refractivity contribution in [3.8, 4) is 0 Å². The number of benzene rings is 1. The van der Waals surface area contributed by atoms with Crippen LogP contribution in [0.1, 0.15) is 32.1 Å². The molecule has 4 aliphatic carbocycles. The highest BCUT2D eigenvalue weighted by Crippen LogP contribution is 2.65. The molecule has 2 unspecified atom stereocenters. The molecule has 4 fully saturated rings. The molecule has 0 heterocycles. The van der Waals surface area contributed by atoms with Crippen molar-refractivity contribution in [3.05, 3.63) is 28.6 Å². The average Bonchev–Trinajstić information content (AvgIpc) is 2.90. The van der Waals surface area contributed by atoms with Gasteiger partial charge in [0.2, 0.25) is 0 Å². The van der Waals surface area contributed by atoms with Crippen LogP contribution in [0.3, 0.4) is 0 Å². The van der Waals surface area contributed by atoms with Gasteiger partial charge >= 0.3 is 0 Å². The SMILES string of the molecule is C=c1cccc(NC(=N)NCC23CC4CC(CC2C4)C3)/c1=C/I. The van der Waals surface area contributed by atoms with Crippen molar-refractivity contribution in [1.82, 2.24) is 5.32 Å². The Morgan fingerprint density at radius 3 is 2.74 bits per heavy atom. The summed E-state index contributed by atoms with van der Waals surface area (Å²) in [5.41, 5.74) is 1.44. The minimum atomic E-state index is 0.413. The van der Waals surface area contributed by atoms with Crippen LogP contribution in [0, 0.1) is 28.6 Å². The molecule has 1 aromatic carbocycles. The zero-order valence-electron chi connectivity index (χ0n) is 13.4. The topological polar surface area (TPSA) is 47.9 Å². The number of hydrogen-bond donors (Lipinski definition) is 3. The molecule has 4 saturated carbocycles. The summed E-state index contributed by atoms with van der Waals surface area (Å²) in [5.74, 6) is 3.27. The fraction of sp³-hybridized carbons (Fsp3) is 0.526. The van der Waals surface area contributed by atoms with Crippen LogP contribution in [0.2, 0.25) is 0 Å². The summed E-state index contributed by atoms with van der Waals surface area (Å²) in [5, 5.41) is 16.9. The van der Waals surface area contributed by atoms with Crippen LogP contribution in [-0.4, -0.2) is 12.5 Å². The molecule has 0 radical (unpaired) electrons. The first-order valence-electron chi connectivity index (χ1n) is 8.57. The summed E-state index contributed by atoms with van der Waals surface area (Å²) in [4.78, 5) is 0. The zero-order chi connectivity index (χ0) is 16.0. The lowest BCUT2D eigenvalue weighted by Gasteiger charge is -2.33. The second-order valence-corrected chi connectivity index (χ2v) is 8.37. The fourth-order valence-corrected chi connectivity index (χ4v) is 6.28. The van der Waals surface area contributed by atoms with Crippen LogP contribution >= 0.6 is 22.6 Å². The van der Waals surface area contributed by atoms with Gasteiger partial charge in [-0.3, -0.25) is 5.41 Å². The van der Waals surface area contributed by atoms with E-state index in [0.717, 1.165) is 40.4 Å². The summed E-state index contributed by atoms with van der Waals surface area (Å²) in [6.45, 7) is 5.02. The van der Waals surface area contributed by atoms with Crippen LogP contribution in [0.4, 0.5) is 5.69 Å². The largest absolute Gasteiger partial charge is 0.356 e. The third kappa shape index (κ3) is 2.69. The van der Waals surface area contributed by atoms with Crippen molar-refractivity contribution in [2.45, 2.75) is 32.1 Å². The van der Waals surface area contributed by atoms with Crippen molar-refractivity contribution >= 4 is 44.9 Å². The van der Waals surface area contributed by atoms with Gasteiger partial charge in [-0.15, -0.1) is 0 Å². The van der Waals surface area contributed by atoms with E-state index in [0.29, 0.717) is 11.4 Å². The van der Waals surface area contributed by atoms with Crippen molar-refractivity contribution in [1.29, 1.82) is 5.41 Å². The Morgan fingerprint density at radius 2 is 2.04 bits per heavy atom. The zero-order valence-corrected chi connectivity index (χ0v) is 15.5. The lowest BCUT2D eigenvalue weighted by molar-refractivity contribution is 0.202. The summed E-state index contributed by atoms with van der Waals surface area (Å²) >= 11 is 2.23. The Bertz CT molecular complexity index is 727. The fourth-order valence-electron chi connectivity index (χ4n) is 5.55. The molecule has 0 spiro atoms. The molecule has 3 nitrogen and oxygen atoms in total. The number of rotatable bonds is 3. The molecule has 0 saturated heterocycles. The van der Waals surface area contributed by atoms with Gasteiger partial charge in [0.15, 0.2) is 5.96 Å². The van der Waals surface area contributed by atoms with Crippen LogP contribution in [0.15, 0.2) is 18.2 Å². The summed E-state index contributed by atoms with van der Waals surface area (Å²) < 4.78 is 2.02. The number of halogens is 1. The third-order valence-corrected chi connectivity index (χ3v) is 6.96. The monoisotopic (exact) mass is 421 g/mol. The third-order valence-electron chi connectivity index (χ3n) is 6.34. The van der Waals surface area contributed by atoms with E-state index in [2.05, 4.69) is 39.8 Å². The van der Waals surface area contributed by atoms with Gasteiger partial charge < -0.3 is 10.6 Å². The number of hydrogen-bond acceptors (Lipinski definition) is 1. The highest BCUT2D eigenvalue weighted by molar-refractivity contribution is 14.1. The van der Waals surface area contributed by atoms with Gasteiger partial charge in [-0.25, -0.2) is 0 Å². The first kappa shape index (κ1) is 15.5. The first-order valence-corrected chi connectivity index (χ1v) is 9.82. The summed E-state index contributed by atoms with van der Waals surface area (Å²) in [6, 6.07) is 5.99. The van der Waals surface area contributed by atoms with E-state index in [4.69, 9.17) is 5.41 Å². The number of anilines is 1. The maximum absolute atomic E-state index is 8.28. The van der Waals surface area contributed by atoms with E-state index < -0.39 is 0 Å². The van der Waals surface area contributed by atoms with Crippen LogP contribution in [0.5, 0.6) is 0 Å². The van der Waals surface area contributed by atoms with E-state index in [9.17, 15) is 0 Å². The van der Waals surface area contributed by atoms with Crippen molar-refractivity contribution in [3.63, 3.8) is 0 Å². The minimum absolute atomic E-state index is 0.413. The van der Waals surface area contributed by atoms with E-state index in [-0.39, 0.29) is 0 Å². The predicted octanol–water partition coefficient (Wildman–Crippen LogP) is 3.03. The van der Waals surface area contributed by atoms with Crippen molar-refractivity contribution < 1.29 is 0 Å². The first-order chi connectivity index (χ1) is 11.1. The van der Waals surface area contributed by atoms with Gasteiger partial charge in [0.05, 0.1) is 0 Å². The molecule has 23 heavy (non-hydrogen) atoms. The molecule has 0 amide bonds. The van der Waals surface area contributed by atoms with E-state index in [1.54, 1.807) is 0 Å². The molecule has 4 heteroatoms. The Kier molecular flexibility index (Phi) is 3.90. The van der Waals surface area contributed by atoms with Gasteiger partial charge in [0.25, 0.3) is 0 Å². The minimum Gasteiger partial charge on any atom is -0.356 e. The molecular formula is C19H24IN3. The molecule has 2 atom stereocenters. The molecule has 122 valence electrons. The molecule has 0 aromatic heterocycles. The molecule has 1 aromatic rings. The van der Waals surface area contributed by atoms with Crippen molar-refractivity contribution in [2.24, 2.45) is 23.2 Å². The summed E-state index contributed by atoms with van der Waals surface area (Å²) in [6.07, 6.45) is 7.12. The van der Waals surface area contributed by atoms with Crippen molar-refractivity contribution in [2.75, 3.05) is 11.9 Å². The van der Waals surface area contributed by atoms with Gasteiger partial charge in [0.1, 0.15) is 0 Å². The normalized spacial score (nSPS) is 34.8. The summed E-state index contributed by atoms with van der Waals surface area (Å²) in [7, 11) is 0. The second-order valence-electron chi connectivity index (χ2n) is 7.75. The highest BCUT2D eigenvalue weighted by Gasteiger charge is 2.57. The van der Waals surface area contributed by atoms with Crippen LogP contribution < -0.4 is 21.1 Å². The average molecular weight is 421 g/mol. The Morgan fingerprint density at radius 1 is 1.30 bits per heavy atom. The van der Waals surface area contributed by atoms with Gasteiger partial charge in [-0.05, 0) is 70.6 Å². The predicted molar refractivity (Wildman–Crippen MR) is 105 cm³/mol. The van der Waals surface area contributed by atoms with E-state index in [1.807, 2.05) is 22.3 Å². The van der Waals surface area contributed by atoms with Crippen LogP contribution in [-0.2, 0) is 0 Å². The molecule has 4 aliphatic rings. The maximum atomic E-state index is 8.28. The quantitative estimate of drug-likeness (QED) is 0.399. The standard InChI is InChI=1S/C19H24IN3/c1-12-3-2-4-17(16(12)10-20)23-18(21)22-11-19-8-13-5-14(9-19)7-15(19)6-13/h2-4,10,13-15H,1,5-9,11H2,(H3,21,22,23)/b16-10+. The Balaban J connectivity index is 1.42. The van der Waals surface area contributed by atoms with Gasteiger partial charge in [0, 0.05) is 17.5 Å². The molecule has 0 aliphatic heterocycles. The highest BCUT2D eigenvalue weighted by atomic mass is 127. The van der Waals surface area contributed by atoms with E-state index in [1.165, 1.54) is 32.1 Å². The number of nitrogens with one attached hydrogen (secondary N) is 3. The molecule has 3 N–H and O–H groups in total. The Hall–Kier alpha value is -1.04. The molecular weight excluding hydrogens is 397 g/mol. The maximum Gasteiger partial charge on any atom is 0.192 e. The number of guanidine groups is 1. The van der Waals surface area contributed by atoms with Crippen LogP contribution in [0.25, 0.3) is 10.7 Å². The lowest BCUT2D eigenvalue weighted by Crippen LogP contribution is -2.42. The Labute approximate surface area is 151 Å². The molecule has 5 rings (SSSR count). The van der Waals surface area contributed by atoms with E-state index >= 15 is 0 Å². The van der Waals surface area contributed by atoms with Gasteiger partial charge in [-0.2, -0.15) is 0 Å². The molecule has 4 bridgehead atoms. The van der Waals surface area contributed by atoms with Gasteiger partial charge in [-0.1, -0.05) is 41.3 Å². The smallest absolute Gasteiger partial charge is 0.192 e. The second kappa shape index (κ2) is 5.80. The lowest BCUT2D eigenvalue weighted by atomic mass is 9.75.